The van der Waals surface area contributed by atoms with Crippen LogP contribution >= 0.6 is 0 Å². The van der Waals surface area contributed by atoms with Crippen LogP contribution in [0.1, 0.15) is 76.3 Å². The lowest BCUT2D eigenvalue weighted by molar-refractivity contribution is 0.0525. The highest BCUT2D eigenvalue weighted by atomic mass is 16.6. The van der Waals surface area contributed by atoms with Crippen LogP contribution in [-0.2, 0) is 10.2 Å². The topological polar surface area (TPSA) is 38.3 Å². The maximum atomic E-state index is 11.9. The Bertz CT molecular complexity index is 650. The predicted molar refractivity (Wildman–Crippen MR) is 95.2 cm³/mol. The Kier molecular flexibility index (Phi) is 3.49. The number of benzene rings is 1. The third kappa shape index (κ3) is 2.62. The van der Waals surface area contributed by atoms with Crippen LogP contribution in [0.2, 0.25) is 0 Å². The molecular weight excluding hydrogens is 298 g/mol. The summed E-state index contributed by atoms with van der Waals surface area (Å²) in [7, 11) is 0. The van der Waals surface area contributed by atoms with Crippen LogP contribution in [0.25, 0.3) is 0 Å². The summed E-state index contributed by atoms with van der Waals surface area (Å²) in [5.74, 6) is 0.574. The summed E-state index contributed by atoms with van der Waals surface area (Å²) in [5.41, 5.74) is 3.82. The molecule has 130 valence electrons. The van der Waals surface area contributed by atoms with E-state index >= 15 is 0 Å². The van der Waals surface area contributed by atoms with E-state index in [4.69, 9.17) is 4.74 Å². The van der Waals surface area contributed by atoms with Gasteiger partial charge in [0.2, 0.25) is 0 Å². The molecule has 2 saturated carbocycles. The van der Waals surface area contributed by atoms with Crippen LogP contribution in [0.5, 0.6) is 0 Å². The second kappa shape index (κ2) is 5.24. The summed E-state index contributed by atoms with van der Waals surface area (Å²) in [4.78, 5) is 11.9. The number of amides is 1. The van der Waals surface area contributed by atoms with Gasteiger partial charge in [-0.05, 0) is 81.8 Å². The molecule has 0 aliphatic heterocycles. The molecule has 1 aromatic carbocycles. The number of carbonyl (C=O) groups excluding carboxylic acids is 1. The standard InChI is InChI=1S/C21H29NO2/c1-19(2,3)24-18(23)22-13-8-15-14-20(9-10-20)21(11-12-21)17-7-5-4-6-16(15)17/h4-7,15H,8-14H2,1-3H3,(H,22,23). The number of fused-ring (bicyclic) bond motifs is 3. The summed E-state index contributed by atoms with van der Waals surface area (Å²) in [6, 6.07) is 9.07. The molecule has 4 rings (SSSR count). The van der Waals surface area contributed by atoms with Crippen molar-refractivity contribution in [2.45, 2.75) is 76.2 Å². The normalized spacial score (nSPS) is 25.2. The monoisotopic (exact) mass is 327 g/mol. The van der Waals surface area contributed by atoms with Gasteiger partial charge in [0.25, 0.3) is 0 Å². The van der Waals surface area contributed by atoms with Crippen molar-refractivity contribution in [1.82, 2.24) is 5.32 Å². The van der Waals surface area contributed by atoms with Crippen molar-refractivity contribution in [3.05, 3.63) is 35.4 Å². The van der Waals surface area contributed by atoms with Crippen molar-refractivity contribution < 1.29 is 9.53 Å². The quantitative estimate of drug-likeness (QED) is 0.857. The van der Waals surface area contributed by atoms with Crippen LogP contribution in [-0.4, -0.2) is 18.2 Å². The third-order valence-corrected chi connectivity index (χ3v) is 6.33. The van der Waals surface area contributed by atoms with Gasteiger partial charge in [0.15, 0.2) is 0 Å². The van der Waals surface area contributed by atoms with Gasteiger partial charge in [0, 0.05) is 12.0 Å². The van der Waals surface area contributed by atoms with Crippen molar-refractivity contribution in [2.24, 2.45) is 5.41 Å². The fourth-order valence-corrected chi connectivity index (χ4v) is 5.03. The summed E-state index contributed by atoms with van der Waals surface area (Å²) >= 11 is 0. The zero-order chi connectivity index (χ0) is 17.0. The van der Waals surface area contributed by atoms with E-state index in [0.717, 1.165) is 6.42 Å². The first-order chi connectivity index (χ1) is 11.4. The van der Waals surface area contributed by atoms with E-state index in [9.17, 15) is 4.79 Å². The summed E-state index contributed by atoms with van der Waals surface area (Å²) < 4.78 is 5.34. The molecule has 1 aromatic rings. The molecule has 1 amide bonds. The molecule has 0 aromatic heterocycles. The molecule has 0 saturated heterocycles. The lowest BCUT2D eigenvalue weighted by atomic mass is 9.65. The van der Waals surface area contributed by atoms with Gasteiger partial charge in [-0.2, -0.15) is 0 Å². The van der Waals surface area contributed by atoms with Crippen molar-refractivity contribution in [3.8, 4) is 0 Å². The van der Waals surface area contributed by atoms with Crippen molar-refractivity contribution in [3.63, 3.8) is 0 Å². The van der Waals surface area contributed by atoms with Gasteiger partial charge < -0.3 is 10.1 Å². The molecule has 2 spiro atoms. The number of rotatable bonds is 3. The van der Waals surface area contributed by atoms with Gasteiger partial charge in [-0.1, -0.05) is 24.3 Å². The van der Waals surface area contributed by atoms with Crippen LogP contribution in [0.4, 0.5) is 4.79 Å². The lowest BCUT2D eigenvalue weighted by Crippen LogP contribution is -2.35. The van der Waals surface area contributed by atoms with E-state index in [2.05, 4.69) is 29.6 Å². The molecule has 0 heterocycles. The van der Waals surface area contributed by atoms with Gasteiger partial charge in [-0.3, -0.25) is 0 Å². The minimum absolute atomic E-state index is 0.300. The zero-order valence-corrected chi connectivity index (χ0v) is 15.2. The summed E-state index contributed by atoms with van der Waals surface area (Å²) in [5, 5.41) is 2.94. The van der Waals surface area contributed by atoms with E-state index in [1.165, 1.54) is 32.1 Å². The molecule has 1 unspecified atom stereocenters. The molecular formula is C21H29NO2. The summed E-state index contributed by atoms with van der Waals surface area (Å²) in [6.07, 6.45) is 7.58. The number of alkyl carbamates (subject to hydrolysis) is 1. The van der Waals surface area contributed by atoms with Crippen LogP contribution in [0.15, 0.2) is 24.3 Å². The van der Waals surface area contributed by atoms with Crippen molar-refractivity contribution in [2.75, 3.05) is 6.54 Å². The second-order valence-electron chi connectivity index (χ2n) is 9.07. The van der Waals surface area contributed by atoms with Gasteiger partial charge in [0.1, 0.15) is 5.60 Å². The number of hydrogen-bond donors (Lipinski definition) is 1. The molecule has 3 heteroatoms. The second-order valence-corrected chi connectivity index (χ2v) is 9.07. The van der Waals surface area contributed by atoms with E-state index in [1.807, 2.05) is 20.8 Å². The Labute approximate surface area is 145 Å². The average Bonchev–Trinajstić information content (AvgIpc) is 3.38. The van der Waals surface area contributed by atoms with Gasteiger partial charge in [0.05, 0.1) is 0 Å². The van der Waals surface area contributed by atoms with Gasteiger partial charge in [-0.15, -0.1) is 0 Å². The van der Waals surface area contributed by atoms with E-state index in [-0.39, 0.29) is 6.09 Å². The maximum Gasteiger partial charge on any atom is 0.407 e. The molecule has 3 aliphatic carbocycles. The Balaban J connectivity index is 1.44. The molecule has 3 nitrogen and oxygen atoms in total. The van der Waals surface area contributed by atoms with E-state index < -0.39 is 5.60 Å². The van der Waals surface area contributed by atoms with Crippen molar-refractivity contribution >= 4 is 6.09 Å². The highest BCUT2D eigenvalue weighted by Crippen LogP contribution is 2.76. The molecule has 2 fully saturated rings. The lowest BCUT2D eigenvalue weighted by Gasteiger charge is -2.39. The Hall–Kier alpha value is -1.51. The van der Waals surface area contributed by atoms with Crippen LogP contribution < -0.4 is 5.32 Å². The zero-order valence-electron chi connectivity index (χ0n) is 15.2. The Morgan fingerprint density at radius 3 is 2.54 bits per heavy atom. The van der Waals surface area contributed by atoms with Crippen LogP contribution in [0, 0.1) is 5.41 Å². The van der Waals surface area contributed by atoms with Gasteiger partial charge in [-0.25, -0.2) is 4.79 Å². The van der Waals surface area contributed by atoms with E-state index in [0.29, 0.717) is 23.3 Å². The molecule has 0 bridgehead atoms. The molecule has 24 heavy (non-hydrogen) atoms. The third-order valence-electron chi connectivity index (χ3n) is 6.33. The predicted octanol–water partition coefficient (Wildman–Crippen LogP) is 4.90. The SMILES string of the molecule is CC(C)(C)OC(=O)NCCC1CC2(CC2)C2(CC2)c2ccccc21. The number of nitrogens with one attached hydrogen (secondary N) is 1. The summed E-state index contributed by atoms with van der Waals surface area (Å²) in [6.45, 7) is 6.39. The minimum Gasteiger partial charge on any atom is -0.444 e. The number of carbonyl (C=O) groups is 1. The Morgan fingerprint density at radius 1 is 1.21 bits per heavy atom. The minimum atomic E-state index is -0.433. The van der Waals surface area contributed by atoms with Crippen molar-refractivity contribution in [1.29, 1.82) is 0 Å². The highest BCUT2D eigenvalue weighted by Gasteiger charge is 2.68. The first kappa shape index (κ1) is 16.0. The smallest absolute Gasteiger partial charge is 0.407 e. The fourth-order valence-electron chi connectivity index (χ4n) is 5.03. The van der Waals surface area contributed by atoms with E-state index in [1.54, 1.807) is 11.1 Å². The Morgan fingerprint density at radius 2 is 1.92 bits per heavy atom. The highest BCUT2D eigenvalue weighted by molar-refractivity contribution is 5.67. The number of ether oxygens (including phenoxy) is 1. The average molecular weight is 327 g/mol. The molecule has 0 radical (unpaired) electrons. The fraction of sp³-hybridized carbons (Fsp3) is 0.667. The first-order valence-electron chi connectivity index (χ1n) is 9.42. The largest absolute Gasteiger partial charge is 0.444 e. The van der Waals surface area contributed by atoms with Gasteiger partial charge >= 0.3 is 6.09 Å². The number of hydrogen-bond acceptors (Lipinski definition) is 2. The molecule has 1 N–H and O–H groups in total. The molecule has 3 aliphatic rings. The maximum absolute atomic E-state index is 11.9. The van der Waals surface area contributed by atoms with Crippen LogP contribution in [0.3, 0.4) is 0 Å². The first-order valence-corrected chi connectivity index (χ1v) is 9.42. The molecule has 1 atom stereocenters.